The molecule has 0 amide bonds. The van der Waals surface area contributed by atoms with Crippen LogP contribution in [0.2, 0.25) is 0 Å². The largest absolute Gasteiger partial charge is 0.497 e. The first-order valence-corrected chi connectivity index (χ1v) is 6.62. The number of benzene rings is 1. The minimum Gasteiger partial charge on any atom is -0.497 e. The molecule has 2 aromatic rings. The van der Waals surface area contributed by atoms with Gasteiger partial charge in [0.05, 0.1) is 18.8 Å². The highest BCUT2D eigenvalue weighted by Gasteiger charge is 2.23. The van der Waals surface area contributed by atoms with Gasteiger partial charge in [-0.05, 0) is 34.9 Å². The van der Waals surface area contributed by atoms with Gasteiger partial charge in [-0.1, -0.05) is 18.1 Å². The van der Waals surface area contributed by atoms with Crippen molar-refractivity contribution in [1.82, 2.24) is 4.57 Å². The Morgan fingerprint density at radius 2 is 2.25 bits per heavy atom. The van der Waals surface area contributed by atoms with Crippen molar-refractivity contribution in [3.05, 3.63) is 52.0 Å². The smallest absolute Gasteiger partial charge is 0.119 e. The fraction of sp³-hybridized carbons (Fsp3) is 0.333. The van der Waals surface area contributed by atoms with E-state index in [0.717, 1.165) is 12.2 Å². The molecule has 0 aliphatic heterocycles. The molecule has 0 unspecified atom stereocenters. The van der Waals surface area contributed by atoms with E-state index in [1.807, 2.05) is 13.0 Å². The molecule has 102 valence electrons. The maximum absolute atomic E-state index is 8.52. The van der Waals surface area contributed by atoms with E-state index >= 15 is 0 Å². The van der Waals surface area contributed by atoms with Gasteiger partial charge < -0.3 is 9.30 Å². The van der Waals surface area contributed by atoms with Crippen LogP contribution >= 0.6 is 0 Å². The molecule has 3 rings (SSSR count). The Morgan fingerprint density at radius 1 is 1.40 bits per heavy atom. The summed E-state index contributed by atoms with van der Waals surface area (Å²) in [5.41, 5.74) is 13.6. The molecule has 1 heterocycles. The maximum Gasteiger partial charge on any atom is 0.119 e. The molecule has 0 N–H and O–H groups in total. The lowest BCUT2D eigenvalue weighted by Crippen LogP contribution is -2.09. The molecule has 1 aliphatic carbocycles. The van der Waals surface area contributed by atoms with Crippen LogP contribution in [-0.2, 0) is 13.0 Å². The van der Waals surface area contributed by atoms with Gasteiger partial charge in [0.25, 0.3) is 0 Å². The lowest BCUT2D eigenvalue weighted by Gasteiger charge is -2.12. The maximum atomic E-state index is 8.52. The van der Waals surface area contributed by atoms with E-state index in [-0.39, 0.29) is 6.04 Å². The quantitative estimate of drug-likeness (QED) is 0.403. The molecule has 1 atom stereocenters. The number of rotatable bonds is 4. The van der Waals surface area contributed by atoms with E-state index in [1.165, 1.54) is 22.4 Å². The molecule has 0 fully saturated rings. The first kappa shape index (κ1) is 12.6. The summed E-state index contributed by atoms with van der Waals surface area (Å²) in [4.78, 5) is 2.87. The SMILES string of the molecule is COc1ccc2c(c1)-c1c(ccn1C[C@@H](C)N=[N+]=[N-])C2. The monoisotopic (exact) mass is 268 g/mol. The van der Waals surface area contributed by atoms with Gasteiger partial charge >= 0.3 is 0 Å². The number of methoxy groups -OCH3 is 1. The summed E-state index contributed by atoms with van der Waals surface area (Å²) >= 11 is 0. The number of ether oxygens (including phenoxy) is 1. The summed E-state index contributed by atoms with van der Waals surface area (Å²) in [6, 6.07) is 8.28. The highest BCUT2D eigenvalue weighted by molar-refractivity contribution is 5.75. The van der Waals surface area contributed by atoms with Crippen LogP contribution in [0.25, 0.3) is 21.7 Å². The highest BCUT2D eigenvalue weighted by atomic mass is 16.5. The summed E-state index contributed by atoms with van der Waals surface area (Å²) in [5, 5.41) is 3.75. The van der Waals surface area contributed by atoms with Gasteiger partial charge in [-0.15, -0.1) is 0 Å². The van der Waals surface area contributed by atoms with Crippen molar-refractivity contribution in [1.29, 1.82) is 0 Å². The van der Waals surface area contributed by atoms with E-state index in [1.54, 1.807) is 7.11 Å². The fourth-order valence-electron chi connectivity index (χ4n) is 2.81. The van der Waals surface area contributed by atoms with Crippen LogP contribution < -0.4 is 4.74 Å². The number of hydrogen-bond donors (Lipinski definition) is 0. The minimum atomic E-state index is -0.0637. The van der Waals surface area contributed by atoms with E-state index in [0.29, 0.717) is 6.54 Å². The highest BCUT2D eigenvalue weighted by Crippen LogP contribution is 2.39. The summed E-state index contributed by atoms with van der Waals surface area (Å²) in [6.45, 7) is 2.61. The normalized spacial score (nSPS) is 13.3. The molecule has 0 saturated heterocycles. The molecule has 1 aromatic carbocycles. The summed E-state index contributed by atoms with van der Waals surface area (Å²) in [5.74, 6) is 0.868. The predicted molar refractivity (Wildman–Crippen MR) is 77.8 cm³/mol. The Hall–Kier alpha value is -2.39. The van der Waals surface area contributed by atoms with Gasteiger partial charge in [0.15, 0.2) is 0 Å². The van der Waals surface area contributed by atoms with Crippen LogP contribution in [0.3, 0.4) is 0 Å². The zero-order valence-electron chi connectivity index (χ0n) is 11.6. The molecule has 5 nitrogen and oxygen atoms in total. The molecule has 1 aliphatic rings. The number of hydrogen-bond acceptors (Lipinski definition) is 2. The van der Waals surface area contributed by atoms with Crippen molar-refractivity contribution >= 4 is 0 Å². The number of azide groups is 1. The van der Waals surface area contributed by atoms with Crippen molar-refractivity contribution < 1.29 is 4.74 Å². The molecular formula is C15H16N4O. The molecule has 0 bridgehead atoms. The lowest BCUT2D eigenvalue weighted by atomic mass is 10.1. The molecule has 5 heteroatoms. The predicted octanol–water partition coefficient (Wildman–Crippen LogP) is 3.77. The fourth-order valence-corrected chi connectivity index (χ4v) is 2.81. The summed E-state index contributed by atoms with van der Waals surface area (Å²) in [7, 11) is 1.68. The van der Waals surface area contributed by atoms with Crippen LogP contribution in [0.15, 0.2) is 35.6 Å². The van der Waals surface area contributed by atoms with Crippen LogP contribution in [0.4, 0.5) is 0 Å². The number of aromatic nitrogens is 1. The zero-order valence-corrected chi connectivity index (χ0v) is 11.6. The van der Waals surface area contributed by atoms with Crippen molar-refractivity contribution in [2.24, 2.45) is 5.11 Å². The second-order valence-electron chi connectivity index (χ2n) is 5.10. The molecule has 20 heavy (non-hydrogen) atoms. The molecular weight excluding hydrogens is 252 g/mol. The van der Waals surface area contributed by atoms with Crippen molar-refractivity contribution in [3.63, 3.8) is 0 Å². The van der Waals surface area contributed by atoms with Gasteiger partial charge in [-0.25, -0.2) is 0 Å². The van der Waals surface area contributed by atoms with Crippen molar-refractivity contribution in [2.75, 3.05) is 7.11 Å². The van der Waals surface area contributed by atoms with Crippen LogP contribution in [-0.4, -0.2) is 17.7 Å². The first-order chi connectivity index (χ1) is 9.72. The van der Waals surface area contributed by atoms with Gasteiger partial charge in [0.1, 0.15) is 5.75 Å². The molecule has 1 aromatic heterocycles. The van der Waals surface area contributed by atoms with Crippen LogP contribution in [0, 0.1) is 0 Å². The van der Waals surface area contributed by atoms with E-state index in [2.05, 4.69) is 39.0 Å². The topological polar surface area (TPSA) is 62.9 Å². The standard InChI is InChI=1S/C15H16N4O/c1-10(17-18-16)9-19-6-5-12-7-11-3-4-13(20-2)8-14(11)15(12)19/h3-6,8,10H,7,9H2,1-2H3/t10-/m1/s1. The molecule has 0 spiro atoms. The number of nitrogens with zero attached hydrogens (tertiary/aromatic N) is 4. The van der Waals surface area contributed by atoms with Crippen LogP contribution in [0.5, 0.6) is 5.75 Å². The van der Waals surface area contributed by atoms with Crippen LogP contribution in [0.1, 0.15) is 18.1 Å². The Morgan fingerprint density at radius 3 is 3.00 bits per heavy atom. The Labute approximate surface area is 117 Å². The molecule has 0 saturated carbocycles. The van der Waals surface area contributed by atoms with Crippen molar-refractivity contribution in [2.45, 2.75) is 25.9 Å². The second-order valence-corrected chi connectivity index (χ2v) is 5.10. The minimum absolute atomic E-state index is 0.0637. The van der Waals surface area contributed by atoms with Gasteiger partial charge in [-0.3, -0.25) is 0 Å². The van der Waals surface area contributed by atoms with E-state index in [9.17, 15) is 0 Å². The van der Waals surface area contributed by atoms with E-state index < -0.39 is 0 Å². The third-order valence-corrected chi connectivity index (χ3v) is 3.71. The average molecular weight is 268 g/mol. The molecule has 0 radical (unpaired) electrons. The van der Waals surface area contributed by atoms with Gasteiger partial charge in [0, 0.05) is 29.6 Å². The third-order valence-electron chi connectivity index (χ3n) is 3.71. The van der Waals surface area contributed by atoms with Gasteiger partial charge in [-0.2, -0.15) is 0 Å². The summed E-state index contributed by atoms with van der Waals surface area (Å²) < 4.78 is 7.48. The summed E-state index contributed by atoms with van der Waals surface area (Å²) in [6.07, 6.45) is 3.02. The zero-order chi connectivity index (χ0) is 14.1. The Balaban J connectivity index is 2.01. The number of fused-ring (bicyclic) bond motifs is 3. The third kappa shape index (κ3) is 2.02. The van der Waals surface area contributed by atoms with Crippen molar-refractivity contribution in [3.8, 4) is 17.0 Å². The van der Waals surface area contributed by atoms with E-state index in [4.69, 9.17) is 10.3 Å². The Kier molecular flexibility index (Phi) is 3.12. The first-order valence-electron chi connectivity index (χ1n) is 6.62. The lowest BCUT2D eigenvalue weighted by molar-refractivity contribution is 0.415. The van der Waals surface area contributed by atoms with Gasteiger partial charge in [0.2, 0.25) is 0 Å². The Bertz CT molecular complexity index is 698. The second kappa shape index (κ2) is 4.94. The average Bonchev–Trinajstić information content (AvgIpc) is 2.98.